The highest BCUT2D eigenvalue weighted by Gasteiger charge is 2.33. The second kappa shape index (κ2) is 12.0. The van der Waals surface area contributed by atoms with E-state index in [2.05, 4.69) is 26.7 Å². The molecule has 1 aliphatic rings. The van der Waals surface area contributed by atoms with Crippen molar-refractivity contribution in [2.45, 2.75) is 25.4 Å². The molecular weight excluding hydrogens is 502 g/mol. The zero-order chi connectivity index (χ0) is 27.9. The molecule has 3 aromatic rings. The summed E-state index contributed by atoms with van der Waals surface area (Å²) in [4.78, 5) is 23.4. The van der Waals surface area contributed by atoms with Crippen molar-refractivity contribution in [1.82, 2.24) is 9.97 Å². The first-order chi connectivity index (χ1) is 18.8. The highest BCUT2D eigenvalue weighted by atomic mass is 16.5. The molecule has 1 aromatic heterocycles. The summed E-state index contributed by atoms with van der Waals surface area (Å²) in [7, 11) is 3.66. The number of nitrogens with one attached hydrogen (secondary N) is 3. The fourth-order valence-corrected chi connectivity index (χ4v) is 3.81. The number of amides is 1. The topological polar surface area (TPSA) is 198 Å². The number of benzene rings is 2. The average molecular weight is 532 g/mol. The van der Waals surface area contributed by atoms with Crippen LogP contribution in [0, 0.1) is 16.7 Å². The second-order valence-corrected chi connectivity index (χ2v) is 8.83. The summed E-state index contributed by atoms with van der Waals surface area (Å²) in [6.07, 6.45) is 1.12. The molecule has 4 rings (SSSR count). The third-order valence-corrected chi connectivity index (χ3v) is 5.64. The summed E-state index contributed by atoms with van der Waals surface area (Å²) in [5.74, 6) is 0.148. The Kier molecular flexibility index (Phi) is 8.27. The molecule has 202 valence electrons. The van der Waals surface area contributed by atoms with Gasteiger partial charge in [0, 0.05) is 31.9 Å². The van der Waals surface area contributed by atoms with Gasteiger partial charge in [0.25, 0.3) is 11.8 Å². The van der Waals surface area contributed by atoms with E-state index < -0.39 is 6.10 Å². The number of nitrogens with zero attached hydrogens (tertiary/aromatic N) is 4. The Morgan fingerprint density at radius 3 is 2.77 bits per heavy atom. The van der Waals surface area contributed by atoms with Gasteiger partial charge in [-0.05, 0) is 50.1 Å². The molecule has 1 aliphatic heterocycles. The number of fused-ring (bicyclic) bond motifs is 1. The van der Waals surface area contributed by atoms with Crippen molar-refractivity contribution < 1.29 is 19.0 Å². The maximum atomic E-state index is 12.8. The predicted octanol–water partition coefficient (Wildman–Crippen LogP) is 3.13. The van der Waals surface area contributed by atoms with Crippen LogP contribution in [-0.4, -0.2) is 48.6 Å². The van der Waals surface area contributed by atoms with E-state index in [9.17, 15) is 10.1 Å². The van der Waals surface area contributed by atoms with Crippen LogP contribution in [0.3, 0.4) is 0 Å². The van der Waals surface area contributed by atoms with Crippen LogP contribution in [-0.2, 0) is 4.79 Å². The number of carbonyl (C=O) groups is 1. The summed E-state index contributed by atoms with van der Waals surface area (Å²) < 4.78 is 18.0. The van der Waals surface area contributed by atoms with Crippen LogP contribution in [0.1, 0.15) is 24.8 Å². The summed E-state index contributed by atoms with van der Waals surface area (Å²) in [5, 5.41) is 22.3. The monoisotopic (exact) mass is 531 g/mol. The molecular formula is C26H29N9O4. The smallest absolute Gasteiger partial charge is 0.328 e. The second-order valence-electron chi connectivity index (χ2n) is 8.83. The number of carbonyl (C=O) groups excluding carboxylic acids is 1. The van der Waals surface area contributed by atoms with Gasteiger partial charge < -0.3 is 41.2 Å². The van der Waals surface area contributed by atoms with Crippen LogP contribution < -0.4 is 41.2 Å². The predicted molar refractivity (Wildman–Crippen MR) is 146 cm³/mol. The Hall–Kier alpha value is -5.09. The third kappa shape index (κ3) is 6.62. The molecule has 1 unspecified atom stereocenters. The van der Waals surface area contributed by atoms with Gasteiger partial charge in [-0.15, -0.1) is 0 Å². The SMILES string of the molecule is CN(C)c1ccc(C#N)cc1Oc1nc(Oc2cccc(NC(=N)N)c2)nc2c1NC(=O)C(CCCCN)O2. The Bertz CT molecular complexity index is 1420. The summed E-state index contributed by atoms with van der Waals surface area (Å²) in [6.45, 7) is 0.511. The number of aromatic nitrogens is 2. The van der Waals surface area contributed by atoms with Gasteiger partial charge in [-0.3, -0.25) is 10.2 Å². The van der Waals surface area contributed by atoms with E-state index in [0.717, 1.165) is 6.42 Å². The molecule has 0 radical (unpaired) electrons. The van der Waals surface area contributed by atoms with Crippen molar-refractivity contribution in [2.24, 2.45) is 11.5 Å². The van der Waals surface area contributed by atoms with Crippen molar-refractivity contribution in [3.8, 4) is 35.3 Å². The van der Waals surface area contributed by atoms with Gasteiger partial charge in [-0.25, -0.2) is 0 Å². The number of guanidine groups is 1. The maximum Gasteiger partial charge on any atom is 0.328 e. The number of ether oxygens (including phenoxy) is 3. The van der Waals surface area contributed by atoms with Gasteiger partial charge in [-0.1, -0.05) is 6.07 Å². The number of hydrogen-bond donors (Lipinski definition) is 5. The minimum Gasteiger partial charge on any atom is -0.462 e. The lowest BCUT2D eigenvalue weighted by Crippen LogP contribution is -2.37. The van der Waals surface area contributed by atoms with Crippen LogP contribution in [0.25, 0.3) is 0 Å². The molecule has 13 nitrogen and oxygen atoms in total. The van der Waals surface area contributed by atoms with Crippen LogP contribution in [0.5, 0.6) is 29.3 Å². The fraction of sp³-hybridized carbons (Fsp3) is 0.269. The Balaban J connectivity index is 1.74. The molecule has 0 bridgehead atoms. The first-order valence-corrected chi connectivity index (χ1v) is 12.1. The fourth-order valence-electron chi connectivity index (χ4n) is 3.81. The van der Waals surface area contributed by atoms with Crippen molar-refractivity contribution >= 4 is 28.9 Å². The normalized spacial score (nSPS) is 13.8. The van der Waals surface area contributed by atoms with E-state index in [4.69, 9.17) is 31.1 Å². The quantitative estimate of drug-likeness (QED) is 0.146. The van der Waals surface area contributed by atoms with E-state index in [1.165, 1.54) is 0 Å². The molecule has 0 aliphatic carbocycles. The molecule has 39 heavy (non-hydrogen) atoms. The number of hydrogen-bond acceptors (Lipinski definition) is 10. The molecule has 0 saturated heterocycles. The van der Waals surface area contributed by atoms with Gasteiger partial charge in [0.05, 0.1) is 17.3 Å². The van der Waals surface area contributed by atoms with Crippen molar-refractivity contribution in [2.75, 3.05) is 36.2 Å². The Morgan fingerprint density at radius 1 is 1.23 bits per heavy atom. The summed E-state index contributed by atoms with van der Waals surface area (Å²) >= 11 is 0. The average Bonchev–Trinajstić information content (AvgIpc) is 2.89. The minimum absolute atomic E-state index is 0.0278. The maximum absolute atomic E-state index is 12.8. The van der Waals surface area contributed by atoms with Gasteiger partial charge in [0.1, 0.15) is 5.75 Å². The number of rotatable bonds is 10. The molecule has 2 aromatic carbocycles. The largest absolute Gasteiger partial charge is 0.462 e. The summed E-state index contributed by atoms with van der Waals surface area (Å²) in [6, 6.07) is 13.7. The van der Waals surface area contributed by atoms with Crippen LogP contribution >= 0.6 is 0 Å². The first kappa shape index (κ1) is 27.0. The Labute approximate surface area is 225 Å². The van der Waals surface area contributed by atoms with Crippen molar-refractivity contribution in [3.63, 3.8) is 0 Å². The molecule has 0 saturated carbocycles. The molecule has 13 heteroatoms. The minimum atomic E-state index is -0.776. The van der Waals surface area contributed by atoms with Crippen LogP contribution in [0.2, 0.25) is 0 Å². The standard InChI is InChI=1S/C26H29N9O4/c1-35(2)18-10-9-15(14-28)12-20(18)39-24-21-23(38-19(22(36)32-21)8-3-4-11-27)33-26(34-24)37-17-7-5-6-16(13-17)31-25(29)30/h5-7,9-10,12-13,19H,3-4,8,11,27H2,1-2H3,(H,32,36)(H4,29,30,31). The van der Waals surface area contributed by atoms with Gasteiger partial charge in [-0.2, -0.15) is 15.2 Å². The van der Waals surface area contributed by atoms with Gasteiger partial charge in [0.2, 0.25) is 5.88 Å². The van der Waals surface area contributed by atoms with Crippen LogP contribution in [0.15, 0.2) is 42.5 Å². The summed E-state index contributed by atoms with van der Waals surface area (Å²) in [5.41, 5.74) is 12.7. The van der Waals surface area contributed by atoms with E-state index in [1.54, 1.807) is 42.5 Å². The van der Waals surface area contributed by atoms with Crippen molar-refractivity contribution in [1.29, 1.82) is 10.7 Å². The van der Waals surface area contributed by atoms with Crippen molar-refractivity contribution in [3.05, 3.63) is 48.0 Å². The lowest BCUT2D eigenvalue weighted by atomic mass is 10.1. The highest BCUT2D eigenvalue weighted by Crippen LogP contribution is 2.42. The first-order valence-electron chi connectivity index (χ1n) is 12.1. The number of nitriles is 1. The van der Waals surface area contributed by atoms with E-state index in [0.29, 0.717) is 47.8 Å². The van der Waals surface area contributed by atoms with Crippen LogP contribution in [0.4, 0.5) is 17.1 Å². The molecule has 7 N–H and O–H groups in total. The van der Waals surface area contributed by atoms with E-state index >= 15 is 0 Å². The molecule has 2 heterocycles. The van der Waals surface area contributed by atoms with E-state index in [1.807, 2.05) is 19.0 Å². The Morgan fingerprint density at radius 2 is 2.05 bits per heavy atom. The molecule has 0 fully saturated rings. The molecule has 1 atom stereocenters. The third-order valence-electron chi connectivity index (χ3n) is 5.64. The van der Waals surface area contributed by atoms with Gasteiger partial charge >= 0.3 is 6.01 Å². The molecule has 0 spiro atoms. The van der Waals surface area contributed by atoms with E-state index in [-0.39, 0.29) is 35.3 Å². The van der Waals surface area contributed by atoms with Gasteiger partial charge in [0.15, 0.2) is 23.5 Å². The zero-order valence-corrected chi connectivity index (χ0v) is 21.5. The number of unbranched alkanes of at least 4 members (excludes halogenated alkanes) is 1. The highest BCUT2D eigenvalue weighted by molar-refractivity contribution is 5.98. The molecule has 1 amide bonds. The zero-order valence-electron chi connectivity index (χ0n) is 21.5. The lowest BCUT2D eigenvalue weighted by molar-refractivity contribution is -0.124. The number of anilines is 3. The number of nitrogens with two attached hydrogens (primary N) is 2. The lowest BCUT2D eigenvalue weighted by Gasteiger charge is -2.26.